The average Bonchev–Trinajstić information content (AvgIpc) is 3.92. The van der Waals surface area contributed by atoms with Gasteiger partial charge in [-0.1, -0.05) is 194 Å². The summed E-state index contributed by atoms with van der Waals surface area (Å²) in [7, 11) is 0. The number of thiophene rings is 1. The fourth-order valence-electron chi connectivity index (χ4n) is 9.64. The van der Waals surface area contributed by atoms with Crippen molar-refractivity contribution in [2.45, 2.75) is 0 Å². The van der Waals surface area contributed by atoms with E-state index in [9.17, 15) is 0 Å². The first-order valence-corrected chi connectivity index (χ1v) is 22.3. The first-order valence-electron chi connectivity index (χ1n) is 21.5. The Morgan fingerprint density at radius 3 is 1.65 bits per heavy atom. The maximum atomic E-state index is 2.49. The quantitative estimate of drug-likeness (QED) is 0.148. The van der Waals surface area contributed by atoms with E-state index >= 15 is 0 Å². The minimum Gasteiger partial charge on any atom is -0.309 e. The summed E-state index contributed by atoms with van der Waals surface area (Å²) in [5, 5.41) is 5.00. The molecule has 296 valence electrons. The van der Waals surface area contributed by atoms with Crippen LogP contribution >= 0.6 is 11.3 Å². The van der Waals surface area contributed by atoms with Crippen molar-refractivity contribution in [2.75, 3.05) is 4.90 Å². The number of hydrogen-bond acceptors (Lipinski definition) is 2. The van der Waals surface area contributed by atoms with Crippen LogP contribution in [0.15, 0.2) is 243 Å². The maximum absolute atomic E-state index is 2.49. The summed E-state index contributed by atoms with van der Waals surface area (Å²) in [4.78, 5) is 2.49. The standard InChI is InChI=1S/C60H40N2S/c1-4-20-41(21-5-1)45-39-38-44(40-52(45)43-24-8-3-9-25-43)61(53-32-14-10-26-46(53)42-22-6-2-7-23-42)56-35-19-36-57-59(56)51-29-12-16-34-55(51)62(57)54-33-15-11-27-47(54)49-30-18-31-50-48-28-13-17-37-58(48)63-60(49)50/h1-40H. The molecule has 2 heterocycles. The molecular formula is C60H40N2S. The Kier molecular flexibility index (Phi) is 9.06. The molecule has 0 saturated heterocycles. The van der Waals surface area contributed by atoms with Gasteiger partial charge in [0.15, 0.2) is 0 Å². The van der Waals surface area contributed by atoms with E-state index in [-0.39, 0.29) is 0 Å². The third-order valence-electron chi connectivity index (χ3n) is 12.4. The summed E-state index contributed by atoms with van der Waals surface area (Å²) in [6, 6.07) is 88.4. The van der Waals surface area contributed by atoms with Crippen LogP contribution in [0, 0.1) is 0 Å². The molecule has 0 atom stereocenters. The zero-order valence-electron chi connectivity index (χ0n) is 34.4. The Morgan fingerprint density at radius 1 is 0.333 bits per heavy atom. The van der Waals surface area contributed by atoms with Crippen LogP contribution in [-0.2, 0) is 0 Å². The van der Waals surface area contributed by atoms with Crippen LogP contribution in [0.3, 0.4) is 0 Å². The van der Waals surface area contributed by atoms with Crippen LogP contribution in [0.5, 0.6) is 0 Å². The highest BCUT2D eigenvalue weighted by Crippen LogP contribution is 2.49. The van der Waals surface area contributed by atoms with Crippen molar-refractivity contribution in [2.24, 2.45) is 0 Å². The molecule has 0 aliphatic rings. The monoisotopic (exact) mass is 820 g/mol. The SMILES string of the molecule is c1ccc(-c2ccc(N(c3ccccc3-c3ccccc3)c3cccc4c3c3ccccc3n4-c3ccccc3-c3cccc4c3sc3ccccc34)cc2-c2ccccc2)cc1. The zero-order chi connectivity index (χ0) is 41.7. The summed E-state index contributed by atoms with van der Waals surface area (Å²) >= 11 is 1.88. The average molecular weight is 821 g/mol. The Hall–Kier alpha value is -7.98. The lowest BCUT2D eigenvalue weighted by Crippen LogP contribution is -2.12. The van der Waals surface area contributed by atoms with Crippen molar-refractivity contribution in [1.82, 2.24) is 4.57 Å². The van der Waals surface area contributed by atoms with Crippen LogP contribution in [0.1, 0.15) is 0 Å². The van der Waals surface area contributed by atoms with Gasteiger partial charge in [-0.3, -0.25) is 0 Å². The molecule has 0 radical (unpaired) electrons. The number of rotatable bonds is 8. The highest BCUT2D eigenvalue weighted by atomic mass is 32.1. The maximum Gasteiger partial charge on any atom is 0.0562 e. The number of para-hydroxylation sites is 3. The number of aromatic nitrogens is 1. The number of benzene rings is 10. The Labute approximate surface area is 370 Å². The van der Waals surface area contributed by atoms with Gasteiger partial charge < -0.3 is 9.47 Å². The van der Waals surface area contributed by atoms with E-state index in [1.807, 2.05) is 11.3 Å². The van der Waals surface area contributed by atoms with E-state index in [4.69, 9.17) is 0 Å². The number of hydrogen-bond donors (Lipinski definition) is 0. The zero-order valence-corrected chi connectivity index (χ0v) is 35.2. The Bertz CT molecular complexity index is 3620. The second-order valence-corrected chi connectivity index (χ2v) is 17.1. The van der Waals surface area contributed by atoms with Gasteiger partial charge in [-0.25, -0.2) is 0 Å². The van der Waals surface area contributed by atoms with Crippen molar-refractivity contribution < 1.29 is 0 Å². The molecule has 2 aromatic heterocycles. The van der Waals surface area contributed by atoms with Gasteiger partial charge in [-0.05, 0) is 76.3 Å². The first kappa shape index (κ1) is 36.8. The van der Waals surface area contributed by atoms with Crippen LogP contribution < -0.4 is 4.90 Å². The highest BCUT2D eigenvalue weighted by Gasteiger charge is 2.25. The fourth-order valence-corrected chi connectivity index (χ4v) is 10.9. The summed E-state index contributed by atoms with van der Waals surface area (Å²) in [5.41, 5.74) is 16.3. The molecule has 63 heavy (non-hydrogen) atoms. The lowest BCUT2D eigenvalue weighted by atomic mass is 9.93. The summed E-state index contributed by atoms with van der Waals surface area (Å²) in [5.74, 6) is 0. The molecule has 0 fully saturated rings. The molecule has 0 saturated carbocycles. The minimum absolute atomic E-state index is 1.08. The van der Waals surface area contributed by atoms with E-state index in [0.717, 1.165) is 39.3 Å². The van der Waals surface area contributed by atoms with E-state index in [1.54, 1.807) is 0 Å². The normalized spacial score (nSPS) is 11.5. The molecule has 0 aliphatic heterocycles. The molecule has 10 aromatic carbocycles. The van der Waals surface area contributed by atoms with E-state index in [0.29, 0.717) is 0 Å². The molecule has 3 heteroatoms. The predicted molar refractivity (Wildman–Crippen MR) is 270 cm³/mol. The molecular weight excluding hydrogens is 781 g/mol. The summed E-state index contributed by atoms with van der Waals surface area (Å²) < 4.78 is 5.11. The van der Waals surface area contributed by atoms with Crippen LogP contribution in [-0.4, -0.2) is 4.57 Å². The third-order valence-corrected chi connectivity index (χ3v) is 13.6. The lowest BCUT2D eigenvalue weighted by Gasteiger charge is -2.29. The molecule has 0 unspecified atom stereocenters. The van der Waals surface area contributed by atoms with Crippen LogP contribution in [0.25, 0.3) is 92.2 Å². The Balaban J connectivity index is 1.14. The smallest absolute Gasteiger partial charge is 0.0562 e. The van der Waals surface area contributed by atoms with Gasteiger partial charge in [0.05, 0.1) is 28.1 Å². The molecule has 0 N–H and O–H groups in total. The van der Waals surface area contributed by atoms with E-state index < -0.39 is 0 Å². The van der Waals surface area contributed by atoms with Crippen molar-refractivity contribution in [3.8, 4) is 50.2 Å². The van der Waals surface area contributed by atoms with Gasteiger partial charge in [0.25, 0.3) is 0 Å². The number of fused-ring (bicyclic) bond motifs is 6. The van der Waals surface area contributed by atoms with Crippen molar-refractivity contribution in [1.29, 1.82) is 0 Å². The van der Waals surface area contributed by atoms with Crippen molar-refractivity contribution >= 4 is 70.4 Å². The van der Waals surface area contributed by atoms with Gasteiger partial charge in [0.2, 0.25) is 0 Å². The summed E-state index contributed by atoms with van der Waals surface area (Å²) in [6.45, 7) is 0. The van der Waals surface area contributed by atoms with Crippen LogP contribution in [0.2, 0.25) is 0 Å². The van der Waals surface area contributed by atoms with Crippen molar-refractivity contribution in [3.63, 3.8) is 0 Å². The van der Waals surface area contributed by atoms with Crippen molar-refractivity contribution in [3.05, 3.63) is 243 Å². The second kappa shape index (κ2) is 15.5. The number of anilines is 3. The van der Waals surface area contributed by atoms with E-state index in [1.165, 1.54) is 69.9 Å². The number of nitrogens with zero attached hydrogens (tertiary/aromatic N) is 2. The van der Waals surface area contributed by atoms with E-state index in [2.05, 4.69) is 252 Å². The third kappa shape index (κ3) is 6.24. The molecule has 0 amide bonds. The van der Waals surface area contributed by atoms with Gasteiger partial charge >= 0.3 is 0 Å². The Morgan fingerprint density at radius 2 is 0.873 bits per heavy atom. The second-order valence-electron chi connectivity index (χ2n) is 16.0. The van der Waals surface area contributed by atoms with Gasteiger partial charge in [0, 0.05) is 53.3 Å². The molecule has 0 bridgehead atoms. The fraction of sp³-hybridized carbons (Fsp3) is 0. The minimum atomic E-state index is 1.08. The lowest BCUT2D eigenvalue weighted by molar-refractivity contribution is 1.18. The van der Waals surface area contributed by atoms with Gasteiger partial charge in [-0.15, -0.1) is 11.3 Å². The summed E-state index contributed by atoms with van der Waals surface area (Å²) in [6.07, 6.45) is 0. The largest absolute Gasteiger partial charge is 0.309 e. The highest BCUT2D eigenvalue weighted by molar-refractivity contribution is 7.26. The topological polar surface area (TPSA) is 8.17 Å². The molecule has 0 spiro atoms. The predicted octanol–water partition coefficient (Wildman–Crippen LogP) is 17.3. The first-order chi connectivity index (χ1) is 31.3. The molecule has 2 nitrogen and oxygen atoms in total. The molecule has 0 aliphatic carbocycles. The molecule has 12 aromatic rings. The molecule has 12 rings (SSSR count). The van der Waals surface area contributed by atoms with Gasteiger partial charge in [0.1, 0.15) is 0 Å². The van der Waals surface area contributed by atoms with Crippen LogP contribution in [0.4, 0.5) is 17.1 Å². The van der Waals surface area contributed by atoms with Gasteiger partial charge in [-0.2, -0.15) is 0 Å².